The highest BCUT2D eigenvalue weighted by atomic mass is 16.5. The van der Waals surface area contributed by atoms with E-state index in [0.29, 0.717) is 18.1 Å². The molecule has 0 fully saturated rings. The Labute approximate surface area is 163 Å². The molecule has 1 N–H and O–H groups in total. The fourth-order valence-corrected chi connectivity index (χ4v) is 2.85. The molecule has 0 spiro atoms. The number of ether oxygens (including phenoxy) is 2. The molecular formula is C21H23N3O4. The van der Waals surface area contributed by atoms with Crippen LogP contribution in [-0.4, -0.2) is 30.3 Å². The standard InChI is InChI=1S/C21H23N3O4/c1-14(17-6-4-5-7-18(17)27-3)22-19(25)12-13-20-23-21(24-28-20)15-8-10-16(26-2)11-9-15/h4-11,14H,12-13H2,1-3H3,(H,22,25). The lowest BCUT2D eigenvalue weighted by Gasteiger charge is -2.17. The van der Waals surface area contributed by atoms with E-state index in [-0.39, 0.29) is 18.4 Å². The smallest absolute Gasteiger partial charge is 0.227 e. The van der Waals surface area contributed by atoms with E-state index < -0.39 is 0 Å². The predicted octanol–water partition coefficient (Wildman–Crippen LogP) is 3.56. The first-order valence-corrected chi connectivity index (χ1v) is 9.00. The third-order valence-corrected chi connectivity index (χ3v) is 4.37. The maximum Gasteiger partial charge on any atom is 0.227 e. The van der Waals surface area contributed by atoms with E-state index in [4.69, 9.17) is 14.0 Å². The van der Waals surface area contributed by atoms with Gasteiger partial charge >= 0.3 is 0 Å². The van der Waals surface area contributed by atoms with Gasteiger partial charge in [0.2, 0.25) is 17.6 Å². The molecule has 0 bridgehead atoms. The zero-order valence-corrected chi connectivity index (χ0v) is 16.1. The second-order valence-electron chi connectivity index (χ2n) is 6.27. The number of carbonyl (C=O) groups is 1. The van der Waals surface area contributed by atoms with Crippen molar-refractivity contribution in [3.63, 3.8) is 0 Å². The lowest BCUT2D eigenvalue weighted by molar-refractivity contribution is -0.121. The van der Waals surface area contributed by atoms with Crippen molar-refractivity contribution >= 4 is 5.91 Å². The summed E-state index contributed by atoms with van der Waals surface area (Å²) in [6.45, 7) is 1.92. The highest BCUT2D eigenvalue weighted by Crippen LogP contribution is 2.24. The third-order valence-electron chi connectivity index (χ3n) is 4.37. The maximum atomic E-state index is 12.3. The van der Waals surface area contributed by atoms with Crippen LogP contribution in [0.5, 0.6) is 11.5 Å². The monoisotopic (exact) mass is 381 g/mol. The van der Waals surface area contributed by atoms with E-state index in [1.807, 2.05) is 55.5 Å². The molecule has 1 atom stereocenters. The van der Waals surface area contributed by atoms with Crippen molar-refractivity contribution in [2.24, 2.45) is 0 Å². The molecule has 2 aromatic carbocycles. The first-order valence-electron chi connectivity index (χ1n) is 9.00. The van der Waals surface area contributed by atoms with Crippen LogP contribution in [0.15, 0.2) is 53.1 Å². The second-order valence-corrected chi connectivity index (χ2v) is 6.27. The average molecular weight is 381 g/mol. The minimum absolute atomic E-state index is 0.0948. The molecule has 0 radical (unpaired) electrons. The van der Waals surface area contributed by atoms with Crippen LogP contribution in [0.1, 0.15) is 30.8 Å². The van der Waals surface area contributed by atoms with Gasteiger partial charge in [-0.3, -0.25) is 4.79 Å². The summed E-state index contributed by atoms with van der Waals surface area (Å²) in [7, 11) is 3.23. The van der Waals surface area contributed by atoms with Gasteiger partial charge in [0.1, 0.15) is 11.5 Å². The molecule has 3 aromatic rings. The number of aryl methyl sites for hydroxylation is 1. The molecule has 146 valence electrons. The lowest BCUT2D eigenvalue weighted by Crippen LogP contribution is -2.27. The number of hydrogen-bond donors (Lipinski definition) is 1. The van der Waals surface area contributed by atoms with E-state index in [9.17, 15) is 4.79 Å². The Morgan fingerprint density at radius 2 is 1.86 bits per heavy atom. The fraction of sp³-hybridized carbons (Fsp3) is 0.286. The topological polar surface area (TPSA) is 86.5 Å². The summed E-state index contributed by atoms with van der Waals surface area (Å²) in [6.07, 6.45) is 0.622. The van der Waals surface area contributed by atoms with E-state index in [1.54, 1.807) is 14.2 Å². The number of para-hydroxylation sites is 1. The highest BCUT2D eigenvalue weighted by Gasteiger charge is 2.15. The molecule has 1 heterocycles. The largest absolute Gasteiger partial charge is 0.497 e. The third kappa shape index (κ3) is 4.68. The van der Waals surface area contributed by atoms with Crippen LogP contribution in [0.2, 0.25) is 0 Å². The minimum atomic E-state index is -0.166. The Balaban J connectivity index is 1.55. The molecule has 1 aromatic heterocycles. The van der Waals surface area contributed by atoms with Crippen LogP contribution in [-0.2, 0) is 11.2 Å². The number of hydrogen-bond acceptors (Lipinski definition) is 6. The van der Waals surface area contributed by atoms with Crippen molar-refractivity contribution in [2.45, 2.75) is 25.8 Å². The molecule has 1 unspecified atom stereocenters. The van der Waals surface area contributed by atoms with E-state index in [1.165, 1.54) is 0 Å². The summed E-state index contributed by atoms with van der Waals surface area (Å²) in [5.41, 5.74) is 1.75. The van der Waals surface area contributed by atoms with Crippen LogP contribution < -0.4 is 14.8 Å². The number of nitrogens with one attached hydrogen (secondary N) is 1. The number of benzene rings is 2. The molecule has 0 aliphatic rings. The molecule has 7 nitrogen and oxygen atoms in total. The van der Waals surface area contributed by atoms with Crippen molar-refractivity contribution < 1.29 is 18.8 Å². The van der Waals surface area contributed by atoms with Crippen molar-refractivity contribution in [1.29, 1.82) is 0 Å². The molecule has 0 saturated carbocycles. The Bertz CT molecular complexity index is 921. The number of aromatic nitrogens is 2. The first-order chi connectivity index (χ1) is 13.6. The van der Waals surface area contributed by atoms with Crippen LogP contribution in [0.3, 0.4) is 0 Å². The van der Waals surface area contributed by atoms with Crippen LogP contribution >= 0.6 is 0 Å². The predicted molar refractivity (Wildman–Crippen MR) is 104 cm³/mol. The van der Waals surface area contributed by atoms with E-state index >= 15 is 0 Å². The Morgan fingerprint density at radius 1 is 1.11 bits per heavy atom. The van der Waals surface area contributed by atoms with Gasteiger partial charge in [0.25, 0.3) is 0 Å². The second kappa shape index (κ2) is 9.03. The number of amides is 1. The molecule has 0 aliphatic carbocycles. The SMILES string of the molecule is COc1ccc(-c2noc(CCC(=O)NC(C)c3ccccc3OC)n2)cc1. The number of carbonyl (C=O) groups excluding carboxylic acids is 1. The van der Waals surface area contributed by atoms with Crippen LogP contribution in [0.25, 0.3) is 11.4 Å². The molecule has 0 aliphatic heterocycles. The number of methoxy groups -OCH3 is 2. The van der Waals surface area contributed by atoms with E-state index in [2.05, 4.69) is 15.5 Å². The first kappa shape index (κ1) is 19.4. The average Bonchev–Trinajstić information content (AvgIpc) is 3.21. The van der Waals surface area contributed by atoms with Crippen molar-refractivity contribution in [2.75, 3.05) is 14.2 Å². The summed E-state index contributed by atoms with van der Waals surface area (Å²) in [5, 5.41) is 6.95. The number of rotatable bonds is 8. The van der Waals surface area contributed by atoms with Crippen molar-refractivity contribution in [3.8, 4) is 22.9 Å². The number of nitrogens with zero attached hydrogens (tertiary/aromatic N) is 2. The molecule has 7 heteroatoms. The van der Waals surface area contributed by atoms with Gasteiger partial charge in [0.05, 0.1) is 20.3 Å². The summed E-state index contributed by atoms with van der Waals surface area (Å²) in [6, 6.07) is 14.8. The summed E-state index contributed by atoms with van der Waals surface area (Å²) in [5.74, 6) is 2.32. The minimum Gasteiger partial charge on any atom is -0.497 e. The fourth-order valence-electron chi connectivity index (χ4n) is 2.85. The zero-order chi connectivity index (χ0) is 19.9. The summed E-state index contributed by atoms with van der Waals surface area (Å²) in [4.78, 5) is 16.6. The molecule has 0 saturated heterocycles. The normalized spacial score (nSPS) is 11.7. The van der Waals surface area contributed by atoms with Crippen LogP contribution in [0, 0.1) is 0 Å². The van der Waals surface area contributed by atoms with Crippen molar-refractivity contribution in [3.05, 3.63) is 60.0 Å². The zero-order valence-electron chi connectivity index (χ0n) is 16.1. The van der Waals surface area contributed by atoms with Crippen LogP contribution in [0.4, 0.5) is 0 Å². The molecule has 28 heavy (non-hydrogen) atoms. The Morgan fingerprint density at radius 3 is 2.57 bits per heavy atom. The van der Waals surface area contributed by atoms with Gasteiger partial charge in [0, 0.05) is 24.0 Å². The van der Waals surface area contributed by atoms with Gasteiger partial charge in [-0.2, -0.15) is 4.98 Å². The summed E-state index contributed by atoms with van der Waals surface area (Å²) < 4.78 is 15.7. The highest BCUT2D eigenvalue weighted by molar-refractivity contribution is 5.76. The Kier molecular flexibility index (Phi) is 6.26. The molecular weight excluding hydrogens is 358 g/mol. The van der Waals surface area contributed by atoms with Gasteiger partial charge in [-0.05, 0) is 37.3 Å². The Hall–Kier alpha value is -3.35. The van der Waals surface area contributed by atoms with Gasteiger partial charge in [-0.15, -0.1) is 0 Å². The lowest BCUT2D eigenvalue weighted by atomic mass is 10.1. The van der Waals surface area contributed by atoms with Crippen molar-refractivity contribution in [1.82, 2.24) is 15.5 Å². The molecule has 3 rings (SSSR count). The maximum absolute atomic E-state index is 12.3. The van der Waals surface area contributed by atoms with Gasteiger partial charge in [0.15, 0.2) is 0 Å². The van der Waals surface area contributed by atoms with Gasteiger partial charge < -0.3 is 19.3 Å². The molecule has 1 amide bonds. The van der Waals surface area contributed by atoms with E-state index in [0.717, 1.165) is 22.6 Å². The quantitative estimate of drug-likeness (QED) is 0.642. The summed E-state index contributed by atoms with van der Waals surface area (Å²) >= 11 is 0. The van der Waals surface area contributed by atoms with Gasteiger partial charge in [-0.1, -0.05) is 23.4 Å². The van der Waals surface area contributed by atoms with Gasteiger partial charge in [-0.25, -0.2) is 0 Å².